The molecule has 1 unspecified atom stereocenters. The highest BCUT2D eigenvalue weighted by atomic mass is 16.5. The van der Waals surface area contributed by atoms with Gasteiger partial charge in [0.1, 0.15) is 5.82 Å². The van der Waals surface area contributed by atoms with Crippen LogP contribution in [-0.2, 0) is 11.8 Å². The van der Waals surface area contributed by atoms with Crippen LogP contribution in [-0.4, -0.2) is 46.8 Å². The summed E-state index contributed by atoms with van der Waals surface area (Å²) in [4.78, 5) is 19.6. The topological polar surface area (TPSA) is 59.4 Å². The predicted molar refractivity (Wildman–Crippen MR) is 101 cm³/mol. The lowest BCUT2D eigenvalue weighted by molar-refractivity contribution is -0.0187. The monoisotopic (exact) mass is 356 g/mol. The number of aromatic nitrogens is 2. The SMILES string of the molecule is CC(NC(=O)N1CCCC2(CCOCC2)C1)c1nc2ccccc2n1C. The number of aryl methyl sites for hydroxylation is 1. The molecule has 2 fully saturated rings. The standard InChI is InChI=1S/C20H28N4O2/c1-15(18-22-16-6-3-4-7-17(16)23(18)2)21-19(25)24-11-5-8-20(14-24)9-12-26-13-10-20/h3-4,6-7,15H,5,8-14H2,1-2H3,(H,21,25). The van der Waals surface area contributed by atoms with Crippen LogP contribution >= 0.6 is 0 Å². The van der Waals surface area contributed by atoms with E-state index in [-0.39, 0.29) is 17.5 Å². The number of fused-ring (bicyclic) bond motifs is 1. The van der Waals surface area contributed by atoms with E-state index >= 15 is 0 Å². The zero-order valence-electron chi connectivity index (χ0n) is 15.7. The first-order valence-electron chi connectivity index (χ1n) is 9.63. The molecule has 2 aliphatic rings. The Morgan fingerprint density at radius 1 is 1.27 bits per heavy atom. The van der Waals surface area contributed by atoms with Gasteiger partial charge in [0.25, 0.3) is 0 Å². The van der Waals surface area contributed by atoms with Gasteiger partial charge in [0, 0.05) is 33.4 Å². The molecule has 1 aromatic heterocycles. The number of para-hydroxylation sites is 2. The molecule has 140 valence electrons. The molecule has 1 spiro atoms. The Balaban J connectivity index is 1.45. The summed E-state index contributed by atoms with van der Waals surface area (Å²) in [6.07, 6.45) is 4.42. The van der Waals surface area contributed by atoms with Gasteiger partial charge in [-0.25, -0.2) is 9.78 Å². The molecule has 1 aromatic carbocycles. The number of benzene rings is 1. The molecule has 6 heteroatoms. The molecule has 2 aliphatic heterocycles. The van der Waals surface area contributed by atoms with Crippen LogP contribution in [0.3, 0.4) is 0 Å². The smallest absolute Gasteiger partial charge is 0.317 e. The van der Waals surface area contributed by atoms with E-state index in [0.29, 0.717) is 0 Å². The van der Waals surface area contributed by atoms with Crippen molar-refractivity contribution in [1.29, 1.82) is 0 Å². The van der Waals surface area contributed by atoms with Gasteiger partial charge in [0.2, 0.25) is 0 Å². The average molecular weight is 356 g/mol. The van der Waals surface area contributed by atoms with Gasteiger partial charge in [-0.2, -0.15) is 0 Å². The van der Waals surface area contributed by atoms with Crippen molar-refractivity contribution in [3.05, 3.63) is 30.1 Å². The minimum atomic E-state index is -0.132. The Morgan fingerprint density at radius 2 is 2.04 bits per heavy atom. The summed E-state index contributed by atoms with van der Waals surface area (Å²) in [6.45, 7) is 5.34. The van der Waals surface area contributed by atoms with E-state index in [1.54, 1.807) is 0 Å². The van der Waals surface area contributed by atoms with Crippen molar-refractivity contribution >= 4 is 17.1 Å². The number of urea groups is 1. The van der Waals surface area contributed by atoms with E-state index in [1.807, 2.05) is 37.1 Å². The summed E-state index contributed by atoms with van der Waals surface area (Å²) in [6, 6.07) is 7.96. The van der Waals surface area contributed by atoms with Crippen molar-refractivity contribution in [3.63, 3.8) is 0 Å². The first kappa shape index (κ1) is 17.3. The lowest BCUT2D eigenvalue weighted by atomic mass is 9.74. The van der Waals surface area contributed by atoms with Gasteiger partial charge in [0.15, 0.2) is 0 Å². The van der Waals surface area contributed by atoms with E-state index in [4.69, 9.17) is 9.72 Å². The fourth-order valence-electron chi connectivity index (χ4n) is 4.49. The van der Waals surface area contributed by atoms with Crippen LogP contribution in [0.4, 0.5) is 4.79 Å². The van der Waals surface area contributed by atoms with Crippen molar-refractivity contribution in [2.75, 3.05) is 26.3 Å². The molecule has 1 N–H and O–H groups in total. The van der Waals surface area contributed by atoms with Crippen LogP contribution in [0.25, 0.3) is 11.0 Å². The highest BCUT2D eigenvalue weighted by molar-refractivity contribution is 5.77. The minimum Gasteiger partial charge on any atom is -0.381 e. The van der Waals surface area contributed by atoms with Crippen LogP contribution in [0, 0.1) is 5.41 Å². The molecule has 2 amide bonds. The minimum absolute atomic E-state index is 0.0233. The van der Waals surface area contributed by atoms with Crippen molar-refractivity contribution in [3.8, 4) is 0 Å². The summed E-state index contributed by atoms with van der Waals surface area (Å²) in [5, 5.41) is 3.16. The number of nitrogens with zero attached hydrogens (tertiary/aromatic N) is 3. The van der Waals surface area contributed by atoms with Crippen molar-refractivity contribution < 1.29 is 9.53 Å². The summed E-state index contributed by atoms with van der Waals surface area (Å²) >= 11 is 0. The number of hydrogen-bond donors (Lipinski definition) is 1. The molecule has 0 saturated carbocycles. The number of carbonyl (C=O) groups excluding carboxylic acids is 1. The van der Waals surface area contributed by atoms with E-state index in [0.717, 1.165) is 62.4 Å². The third-order valence-corrected chi connectivity index (χ3v) is 6.05. The van der Waals surface area contributed by atoms with Crippen LogP contribution in [0.15, 0.2) is 24.3 Å². The van der Waals surface area contributed by atoms with E-state index < -0.39 is 0 Å². The molecule has 26 heavy (non-hydrogen) atoms. The largest absolute Gasteiger partial charge is 0.381 e. The maximum absolute atomic E-state index is 12.9. The molecule has 0 radical (unpaired) electrons. The summed E-state index contributed by atoms with van der Waals surface area (Å²) in [5.74, 6) is 0.886. The maximum atomic E-state index is 12.9. The maximum Gasteiger partial charge on any atom is 0.317 e. The molecule has 2 aromatic rings. The van der Waals surface area contributed by atoms with Gasteiger partial charge in [0.05, 0.1) is 17.1 Å². The van der Waals surface area contributed by atoms with Gasteiger partial charge >= 0.3 is 6.03 Å². The van der Waals surface area contributed by atoms with Crippen LogP contribution < -0.4 is 5.32 Å². The molecule has 2 saturated heterocycles. The normalized spacial score (nSPS) is 21.1. The summed E-state index contributed by atoms with van der Waals surface area (Å²) < 4.78 is 7.59. The Kier molecular flexibility index (Phi) is 4.61. The first-order valence-corrected chi connectivity index (χ1v) is 9.63. The van der Waals surface area contributed by atoms with Gasteiger partial charge in [-0.1, -0.05) is 12.1 Å². The Bertz CT molecular complexity index is 789. The molecule has 4 rings (SSSR count). The number of hydrogen-bond acceptors (Lipinski definition) is 3. The quantitative estimate of drug-likeness (QED) is 0.899. The third-order valence-electron chi connectivity index (χ3n) is 6.05. The lowest BCUT2D eigenvalue weighted by Gasteiger charge is -2.45. The zero-order chi connectivity index (χ0) is 18.1. The number of ether oxygens (including phenoxy) is 1. The highest BCUT2D eigenvalue weighted by Gasteiger charge is 2.38. The number of piperidine rings is 1. The number of likely N-dealkylation sites (tertiary alicyclic amines) is 1. The zero-order valence-corrected chi connectivity index (χ0v) is 15.7. The lowest BCUT2D eigenvalue weighted by Crippen LogP contribution is -2.51. The summed E-state index contributed by atoms with van der Waals surface area (Å²) in [7, 11) is 2.01. The van der Waals surface area contributed by atoms with Crippen molar-refractivity contribution in [1.82, 2.24) is 19.8 Å². The third kappa shape index (κ3) is 3.18. The predicted octanol–water partition coefficient (Wildman–Crippen LogP) is 3.24. The fourth-order valence-corrected chi connectivity index (χ4v) is 4.49. The Hall–Kier alpha value is -2.08. The Morgan fingerprint density at radius 3 is 2.81 bits per heavy atom. The van der Waals surface area contributed by atoms with Gasteiger partial charge in [-0.05, 0) is 50.2 Å². The number of carbonyl (C=O) groups is 1. The number of nitrogens with one attached hydrogen (secondary N) is 1. The second kappa shape index (κ2) is 6.91. The molecular formula is C20H28N4O2. The van der Waals surface area contributed by atoms with Crippen LogP contribution in [0.2, 0.25) is 0 Å². The molecule has 0 bridgehead atoms. The second-order valence-corrected chi connectivity index (χ2v) is 7.83. The van der Waals surface area contributed by atoms with Gasteiger partial charge < -0.3 is 19.5 Å². The molecule has 1 atom stereocenters. The molecular weight excluding hydrogens is 328 g/mol. The van der Waals surface area contributed by atoms with Gasteiger partial charge in [-0.3, -0.25) is 0 Å². The van der Waals surface area contributed by atoms with E-state index in [9.17, 15) is 4.79 Å². The molecule has 0 aliphatic carbocycles. The van der Waals surface area contributed by atoms with Gasteiger partial charge in [-0.15, -0.1) is 0 Å². The molecule has 6 nitrogen and oxygen atoms in total. The number of amides is 2. The second-order valence-electron chi connectivity index (χ2n) is 7.83. The number of rotatable bonds is 2. The van der Waals surface area contributed by atoms with Crippen molar-refractivity contribution in [2.24, 2.45) is 12.5 Å². The fraction of sp³-hybridized carbons (Fsp3) is 0.600. The molecule has 3 heterocycles. The van der Waals surface area contributed by atoms with E-state index in [2.05, 4.69) is 16.0 Å². The average Bonchev–Trinajstić information content (AvgIpc) is 2.99. The Labute approximate surface area is 154 Å². The van der Waals surface area contributed by atoms with Crippen molar-refractivity contribution in [2.45, 2.75) is 38.6 Å². The van der Waals surface area contributed by atoms with Crippen LogP contribution in [0.1, 0.15) is 44.5 Å². The highest BCUT2D eigenvalue weighted by Crippen LogP contribution is 2.39. The number of imidazole rings is 1. The summed E-state index contributed by atoms with van der Waals surface area (Å²) in [5.41, 5.74) is 2.31. The van der Waals surface area contributed by atoms with Crippen LogP contribution in [0.5, 0.6) is 0 Å². The first-order chi connectivity index (χ1) is 12.6. The van der Waals surface area contributed by atoms with E-state index in [1.165, 1.54) is 6.42 Å².